The van der Waals surface area contributed by atoms with Crippen LogP contribution in [-0.4, -0.2) is 10.1 Å². The molecule has 0 amide bonds. The minimum atomic E-state index is -0.383. The largest absolute Gasteiger partial charge is 0.504 e. The van der Waals surface area contributed by atoms with Crippen molar-refractivity contribution >= 4 is 0 Å². The van der Waals surface area contributed by atoms with Gasteiger partial charge in [-0.1, -0.05) is 12.1 Å². The first-order valence-electron chi connectivity index (χ1n) is 5.35. The van der Waals surface area contributed by atoms with Crippen LogP contribution < -0.4 is 5.43 Å². The molecule has 0 saturated heterocycles. The molecule has 0 aliphatic rings. The third-order valence-electron chi connectivity index (χ3n) is 2.60. The number of aryl methyl sites for hydroxylation is 2. The van der Waals surface area contributed by atoms with Gasteiger partial charge in [-0.15, -0.1) is 0 Å². The lowest BCUT2D eigenvalue weighted by atomic mass is 10.0. The van der Waals surface area contributed by atoms with Crippen molar-refractivity contribution in [3.63, 3.8) is 0 Å². The Kier molecular flexibility index (Phi) is 2.91. The molecule has 1 aromatic heterocycles. The number of pyridine rings is 1. The molecule has 0 radical (unpaired) electrons. The van der Waals surface area contributed by atoms with Crippen LogP contribution in [0, 0.1) is 13.8 Å². The van der Waals surface area contributed by atoms with Gasteiger partial charge in [0.05, 0.1) is 0 Å². The molecule has 0 saturated carbocycles. The fourth-order valence-electron chi connectivity index (χ4n) is 1.69. The predicted molar refractivity (Wildman–Crippen MR) is 67.1 cm³/mol. The fourth-order valence-corrected chi connectivity index (χ4v) is 1.69. The van der Waals surface area contributed by atoms with Crippen LogP contribution in [0.5, 0.6) is 5.75 Å². The molecule has 0 unspecified atom stereocenters. The molecule has 3 nitrogen and oxygen atoms in total. The van der Waals surface area contributed by atoms with E-state index < -0.39 is 0 Å². The average Bonchev–Trinajstić information content (AvgIpc) is 2.45. The van der Waals surface area contributed by atoms with Crippen LogP contribution in [0.2, 0.25) is 0 Å². The van der Waals surface area contributed by atoms with Crippen LogP contribution in [-0.2, 0) is 0 Å². The second kappa shape index (κ2) is 4.37. The van der Waals surface area contributed by atoms with Gasteiger partial charge in [-0.25, -0.2) is 0 Å². The van der Waals surface area contributed by atoms with Gasteiger partial charge in [-0.2, -0.15) is 0 Å². The van der Waals surface area contributed by atoms with E-state index in [1.165, 1.54) is 12.1 Å². The van der Waals surface area contributed by atoms with Gasteiger partial charge in [0.2, 0.25) is 5.43 Å². The lowest BCUT2D eigenvalue weighted by Crippen LogP contribution is -1.95. The minimum Gasteiger partial charge on any atom is -0.504 e. The van der Waals surface area contributed by atoms with Crippen molar-refractivity contribution in [1.82, 2.24) is 4.98 Å². The molecule has 1 aromatic carbocycles. The molecule has 2 aromatic rings. The van der Waals surface area contributed by atoms with Crippen LogP contribution >= 0.6 is 0 Å². The number of nitrogens with zero attached hydrogens (tertiary/aromatic N) is 1. The summed E-state index contributed by atoms with van der Waals surface area (Å²) in [7, 11) is 0. The second-order valence-electron chi connectivity index (χ2n) is 4.02. The van der Waals surface area contributed by atoms with Crippen molar-refractivity contribution in [2.45, 2.75) is 13.8 Å². The Morgan fingerprint density at radius 2 is 1.94 bits per heavy atom. The molecule has 0 aliphatic heterocycles. The molecule has 0 spiro atoms. The summed E-state index contributed by atoms with van der Waals surface area (Å²) in [5.41, 5.74) is 3.20. The van der Waals surface area contributed by atoms with Crippen molar-refractivity contribution in [2.75, 3.05) is 0 Å². The highest BCUT2D eigenvalue weighted by molar-refractivity contribution is 5.66. The van der Waals surface area contributed by atoms with E-state index >= 15 is 0 Å². The quantitative estimate of drug-likeness (QED) is 0.814. The van der Waals surface area contributed by atoms with Gasteiger partial charge < -0.3 is 5.11 Å². The van der Waals surface area contributed by atoms with Crippen molar-refractivity contribution in [1.29, 1.82) is 0 Å². The molecule has 0 fully saturated rings. The van der Waals surface area contributed by atoms with Gasteiger partial charge in [-0.05, 0) is 43.2 Å². The van der Waals surface area contributed by atoms with Gasteiger partial charge in [0.1, 0.15) is 0 Å². The highest BCUT2D eigenvalue weighted by atomic mass is 16.3. The predicted octanol–water partition coefficient (Wildman–Crippen LogP) is 2.43. The Labute approximate surface area is 99.4 Å². The van der Waals surface area contributed by atoms with E-state index in [1.807, 2.05) is 19.9 Å². The van der Waals surface area contributed by atoms with E-state index in [9.17, 15) is 9.90 Å². The summed E-state index contributed by atoms with van der Waals surface area (Å²) in [5, 5.41) is 9.35. The molecule has 1 heterocycles. The van der Waals surface area contributed by atoms with Gasteiger partial charge >= 0.3 is 0 Å². The molecule has 0 aliphatic carbocycles. The second-order valence-corrected chi connectivity index (χ2v) is 4.02. The monoisotopic (exact) mass is 227 g/mol. The maximum absolute atomic E-state index is 11.5. The fraction of sp³-hybridized carbons (Fsp3) is 0.143. The lowest BCUT2D eigenvalue weighted by Gasteiger charge is -2.04. The molecule has 0 bridgehead atoms. The van der Waals surface area contributed by atoms with E-state index in [4.69, 9.17) is 0 Å². The molecular weight excluding hydrogens is 214 g/mol. The van der Waals surface area contributed by atoms with E-state index in [1.54, 1.807) is 18.3 Å². The Morgan fingerprint density at radius 1 is 1.18 bits per heavy atom. The molecular formula is C14H13NO2. The number of hydrogen-bond donors (Lipinski definition) is 1. The normalized spacial score (nSPS) is 10.2. The summed E-state index contributed by atoms with van der Waals surface area (Å²) in [5.74, 6) is -0.241. The number of hydrogen-bond acceptors (Lipinski definition) is 3. The van der Waals surface area contributed by atoms with Gasteiger partial charge in [0.25, 0.3) is 0 Å². The lowest BCUT2D eigenvalue weighted by molar-refractivity contribution is 0.471. The van der Waals surface area contributed by atoms with E-state index in [0.29, 0.717) is 0 Å². The zero-order valence-electron chi connectivity index (χ0n) is 9.77. The Hall–Kier alpha value is -2.16. The van der Waals surface area contributed by atoms with E-state index in [0.717, 1.165) is 22.4 Å². The average molecular weight is 227 g/mol. The van der Waals surface area contributed by atoms with Gasteiger partial charge in [-0.3, -0.25) is 9.78 Å². The standard InChI is InChI=1S/C14H13NO2/c1-9-6-12(10(2)15-8-9)11-4-3-5-13(16)14(17)7-11/h3-8H,1-2H3,(H,16,17). The molecule has 86 valence electrons. The van der Waals surface area contributed by atoms with Crippen LogP contribution in [0.3, 0.4) is 0 Å². The van der Waals surface area contributed by atoms with Crippen molar-refractivity contribution in [3.05, 3.63) is 58.0 Å². The molecule has 3 heteroatoms. The highest BCUT2D eigenvalue weighted by Crippen LogP contribution is 2.21. The van der Waals surface area contributed by atoms with E-state index in [2.05, 4.69) is 4.98 Å². The summed E-state index contributed by atoms with van der Waals surface area (Å²) < 4.78 is 0. The molecule has 2 rings (SSSR count). The Morgan fingerprint density at radius 3 is 2.71 bits per heavy atom. The first kappa shape index (κ1) is 11.3. The maximum atomic E-state index is 11.5. The highest BCUT2D eigenvalue weighted by Gasteiger charge is 2.04. The van der Waals surface area contributed by atoms with Gasteiger partial charge in [0, 0.05) is 17.5 Å². The number of rotatable bonds is 1. The third-order valence-corrected chi connectivity index (χ3v) is 2.60. The Balaban J connectivity index is 2.69. The van der Waals surface area contributed by atoms with Crippen LogP contribution in [0.1, 0.15) is 11.3 Å². The van der Waals surface area contributed by atoms with Crippen LogP contribution in [0.15, 0.2) is 41.3 Å². The molecule has 1 N–H and O–H groups in total. The zero-order chi connectivity index (χ0) is 12.4. The topological polar surface area (TPSA) is 50.2 Å². The Bertz CT molecular complexity index is 621. The number of aromatic nitrogens is 1. The van der Waals surface area contributed by atoms with Crippen LogP contribution in [0.4, 0.5) is 0 Å². The zero-order valence-corrected chi connectivity index (χ0v) is 9.77. The van der Waals surface area contributed by atoms with Crippen molar-refractivity contribution in [3.8, 4) is 16.9 Å². The maximum Gasteiger partial charge on any atom is 0.220 e. The summed E-state index contributed by atoms with van der Waals surface area (Å²) >= 11 is 0. The first-order valence-corrected chi connectivity index (χ1v) is 5.35. The number of aromatic hydroxyl groups is 1. The molecule has 0 atom stereocenters. The first-order chi connectivity index (χ1) is 8.08. The van der Waals surface area contributed by atoms with Crippen molar-refractivity contribution < 1.29 is 5.11 Å². The summed E-state index contributed by atoms with van der Waals surface area (Å²) in [6.45, 7) is 3.85. The summed E-state index contributed by atoms with van der Waals surface area (Å²) in [6, 6.07) is 8.26. The van der Waals surface area contributed by atoms with E-state index in [-0.39, 0.29) is 11.2 Å². The third kappa shape index (κ3) is 2.33. The molecule has 17 heavy (non-hydrogen) atoms. The van der Waals surface area contributed by atoms with Crippen LogP contribution in [0.25, 0.3) is 11.1 Å². The minimum absolute atomic E-state index is 0.241. The summed E-state index contributed by atoms with van der Waals surface area (Å²) in [4.78, 5) is 15.8. The summed E-state index contributed by atoms with van der Waals surface area (Å²) in [6.07, 6.45) is 1.79. The smallest absolute Gasteiger partial charge is 0.220 e. The van der Waals surface area contributed by atoms with Crippen molar-refractivity contribution in [2.24, 2.45) is 0 Å². The van der Waals surface area contributed by atoms with Gasteiger partial charge in [0.15, 0.2) is 5.75 Å². The SMILES string of the molecule is Cc1cnc(C)c(-c2cccc(O)c(=O)c2)c1.